The fraction of sp³-hybridized carbons (Fsp3) is 0.929. The molecular weight excluding hydrogens is 198 g/mol. The van der Waals surface area contributed by atoms with E-state index in [-0.39, 0.29) is 5.54 Å². The van der Waals surface area contributed by atoms with Crippen molar-refractivity contribution >= 4 is 5.78 Å². The summed E-state index contributed by atoms with van der Waals surface area (Å²) in [6.07, 6.45) is 12.3. The number of nitrogens with one attached hydrogen (secondary N) is 1. The minimum atomic E-state index is -0.0877. The molecule has 2 heteroatoms. The summed E-state index contributed by atoms with van der Waals surface area (Å²) in [5.74, 6) is 0.536. The molecule has 0 aromatic rings. The minimum absolute atomic E-state index is 0.0877. The number of piperidine rings is 1. The second kappa shape index (κ2) is 3.83. The molecule has 1 unspecified atom stereocenters. The number of rotatable bonds is 0. The third-order valence-electron chi connectivity index (χ3n) is 5.15. The third kappa shape index (κ3) is 1.62. The van der Waals surface area contributed by atoms with Gasteiger partial charge >= 0.3 is 0 Å². The molecule has 0 aromatic heterocycles. The summed E-state index contributed by atoms with van der Waals surface area (Å²) >= 11 is 0. The first-order valence-corrected chi connectivity index (χ1v) is 7.03. The van der Waals surface area contributed by atoms with E-state index in [4.69, 9.17) is 0 Å². The SMILES string of the molecule is O=C1CC2(CCCCC2)CC12CCCCN2. The summed E-state index contributed by atoms with van der Waals surface area (Å²) < 4.78 is 0. The Hall–Kier alpha value is -0.370. The molecule has 1 saturated heterocycles. The highest BCUT2D eigenvalue weighted by atomic mass is 16.1. The van der Waals surface area contributed by atoms with Gasteiger partial charge in [0.1, 0.15) is 0 Å². The summed E-state index contributed by atoms with van der Waals surface area (Å²) in [6.45, 7) is 1.06. The second-order valence-corrected chi connectivity index (χ2v) is 6.30. The van der Waals surface area contributed by atoms with E-state index in [1.807, 2.05) is 0 Å². The van der Waals surface area contributed by atoms with Crippen LogP contribution < -0.4 is 5.32 Å². The molecule has 0 bridgehead atoms. The molecule has 0 radical (unpaired) electrons. The second-order valence-electron chi connectivity index (χ2n) is 6.30. The van der Waals surface area contributed by atoms with Gasteiger partial charge in [-0.05, 0) is 50.5 Å². The van der Waals surface area contributed by atoms with Crippen molar-refractivity contribution in [2.45, 2.75) is 69.7 Å². The summed E-state index contributed by atoms with van der Waals surface area (Å²) in [5, 5.41) is 3.57. The first-order chi connectivity index (χ1) is 7.75. The Labute approximate surface area is 98.2 Å². The molecule has 2 saturated carbocycles. The van der Waals surface area contributed by atoms with Crippen molar-refractivity contribution in [3.63, 3.8) is 0 Å². The van der Waals surface area contributed by atoms with Crippen molar-refractivity contribution in [3.05, 3.63) is 0 Å². The van der Waals surface area contributed by atoms with Crippen molar-refractivity contribution in [1.29, 1.82) is 0 Å². The topological polar surface area (TPSA) is 29.1 Å². The summed E-state index contributed by atoms with van der Waals surface area (Å²) in [4.78, 5) is 12.4. The van der Waals surface area contributed by atoms with Crippen molar-refractivity contribution in [2.75, 3.05) is 6.54 Å². The van der Waals surface area contributed by atoms with Gasteiger partial charge in [-0.25, -0.2) is 0 Å². The smallest absolute Gasteiger partial charge is 0.153 e. The predicted molar refractivity (Wildman–Crippen MR) is 64.3 cm³/mol. The fourth-order valence-corrected chi connectivity index (χ4v) is 4.32. The molecule has 1 N–H and O–H groups in total. The zero-order valence-corrected chi connectivity index (χ0v) is 10.2. The number of hydrogen-bond acceptors (Lipinski definition) is 2. The van der Waals surface area contributed by atoms with E-state index >= 15 is 0 Å². The van der Waals surface area contributed by atoms with Gasteiger partial charge in [0.15, 0.2) is 5.78 Å². The van der Waals surface area contributed by atoms with Crippen LogP contribution in [0.25, 0.3) is 0 Å². The third-order valence-corrected chi connectivity index (χ3v) is 5.15. The van der Waals surface area contributed by atoms with E-state index in [1.165, 1.54) is 44.9 Å². The van der Waals surface area contributed by atoms with E-state index in [1.54, 1.807) is 0 Å². The molecule has 3 rings (SSSR count). The lowest BCUT2D eigenvalue weighted by molar-refractivity contribution is -0.124. The maximum absolute atomic E-state index is 12.4. The molecule has 1 atom stereocenters. The number of Topliss-reactive ketones (excluding diaryl/α,β-unsaturated/α-hetero) is 1. The Kier molecular flexibility index (Phi) is 2.58. The van der Waals surface area contributed by atoms with Crippen LogP contribution in [0.4, 0.5) is 0 Å². The monoisotopic (exact) mass is 221 g/mol. The molecule has 3 fully saturated rings. The molecule has 1 aliphatic heterocycles. The van der Waals surface area contributed by atoms with Gasteiger partial charge in [0.25, 0.3) is 0 Å². The maximum atomic E-state index is 12.4. The Balaban J connectivity index is 1.80. The van der Waals surface area contributed by atoms with Crippen LogP contribution in [0.2, 0.25) is 0 Å². The molecule has 90 valence electrons. The van der Waals surface area contributed by atoms with Gasteiger partial charge in [-0.1, -0.05) is 19.3 Å². The van der Waals surface area contributed by atoms with E-state index in [0.29, 0.717) is 11.2 Å². The van der Waals surface area contributed by atoms with Crippen LogP contribution in [0.1, 0.15) is 64.2 Å². The van der Waals surface area contributed by atoms with Gasteiger partial charge in [0.05, 0.1) is 5.54 Å². The first kappa shape index (κ1) is 10.8. The zero-order valence-electron chi connectivity index (χ0n) is 10.2. The zero-order chi connectivity index (χ0) is 11.1. The van der Waals surface area contributed by atoms with Crippen molar-refractivity contribution < 1.29 is 4.79 Å². The number of carbonyl (C=O) groups is 1. The summed E-state index contributed by atoms with van der Waals surface area (Å²) in [5.41, 5.74) is 0.315. The number of hydrogen-bond donors (Lipinski definition) is 1. The first-order valence-electron chi connectivity index (χ1n) is 7.03. The van der Waals surface area contributed by atoms with Crippen LogP contribution in [-0.4, -0.2) is 17.9 Å². The van der Waals surface area contributed by atoms with Crippen LogP contribution in [0.5, 0.6) is 0 Å². The Morgan fingerprint density at radius 1 is 0.938 bits per heavy atom. The maximum Gasteiger partial charge on any atom is 0.153 e. The summed E-state index contributed by atoms with van der Waals surface area (Å²) in [7, 11) is 0. The van der Waals surface area contributed by atoms with E-state index in [0.717, 1.165) is 25.8 Å². The van der Waals surface area contributed by atoms with Crippen molar-refractivity contribution in [3.8, 4) is 0 Å². The molecule has 2 nitrogen and oxygen atoms in total. The van der Waals surface area contributed by atoms with Gasteiger partial charge < -0.3 is 5.32 Å². The molecule has 2 aliphatic carbocycles. The van der Waals surface area contributed by atoms with Crippen molar-refractivity contribution in [1.82, 2.24) is 5.32 Å². The predicted octanol–water partition coefficient (Wildman–Crippen LogP) is 2.81. The quantitative estimate of drug-likeness (QED) is 0.681. The van der Waals surface area contributed by atoms with Gasteiger partial charge in [0.2, 0.25) is 0 Å². The molecule has 3 aliphatic rings. The average molecular weight is 221 g/mol. The van der Waals surface area contributed by atoms with Crippen LogP contribution in [0.3, 0.4) is 0 Å². The molecule has 2 spiro atoms. The Morgan fingerprint density at radius 3 is 2.38 bits per heavy atom. The van der Waals surface area contributed by atoms with Gasteiger partial charge in [-0.15, -0.1) is 0 Å². The fourth-order valence-electron chi connectivity index (χ4n) is 4.32. The molecular formula is C14H23NO. The van der Waals surface area contributed by atoms with Gasteiger partial charge in [0, 0.05) is 6.42 Å². The molecule has 0 aromatic carbocycles. The highest BCUT2D eigenvalue weighted by molar-refractivity contribution is 5.91. The highest BCUT2D eigenvalue weighted by Gasteiger charge is 2.53. The number of carbonyl (C=O) groups excluding carboxylic acids is 1. The normalized spacial score (nSPS) is 38.4. The van der Waals surface area contributed by atoms with E-state index in [9.17, 15) is 4.79 Å². The Bertz CT molecular complexity index is 285. The van der Waals surface area contributed by atoms with Crippen LogP contribution in [-0.2, 0) is 4.79 Å². The standard InChI is InChI=1S/C14H23NO/c16-12-10-13(6-2-1-3-7-13)11-14(12)8-4-5-9-15-14/h15H,1-11H2. The van der Waals surface area contributed by atoms with Crippen molar-refractivity contribution in [2.24, 2.45) is 5.41 Å². The summed E-state index contributed by atoms with van der Waals surface area (Å²) in [6, 6.07) is 0. The molecule has 1 heterocycles. The van der Waals surface area contributed by atoms with Crippen LogP contribution in [0.15, 0.2) is 0 Å². The molecule has 16 heavy (non-hydrogen) atoms. The van der Waals surface area contributed by atoms with E-state index < -0.39 is 0 Å². The van der Waals surface area contributed by atoms with Gasteiger partial charge in [-0.3, -0.25) is 4.79 Å². The lowest BCUT2D eigenvalue weighted by Gasteiger charge is -2.38. The minimum Gasteiger partial charge on any atom is -0.305 e. The van der Waals surface area contributed by atoms with Crippen LogP contribution >= 0.6 is 0 Å². The van der Waals surface area contributed by atoms with Crippen LogP contribution in [0, 0.1) is 5.41 Å². The van der Waals surface area contributed by atoms with Gasteiger partial charge in [-0.2, -0.15) is 0 Å². The average Bonchev–Trinajstić information content (AvgIpc) is 2.54. The Morgan fingerprint density at radius 2 is 1.69 bits per heavy atom. The highest BCUT2D eigenvalue weighted by Crippen LogP contribution is 2.52. The van der Waals surface area contributed by atoms with E-state index in [2.05, 4.69) is 5.32 Å². The lowest BCUT2D eigenvalue weighted by Crippen LogP contribution is -2.52. The largest absolute Gasteiger partial charge is 0.305 e. The number of ketones is 1. The lowest BCUT2D eigenvalue weighted by atomic mass is 9.71. The molecule has 0 amide bonds.